The molecule has 5 heteroatoms. The van der Waals surface area contributed by atoms with Gasteiger partial charge in [0.2, 0.25) is 0 Å². The van der Waals surface area contributed by atoms with Gasteiger partial charge in [-0.15, -0.1) is 12.4 Å². The van der Waals surface area contributed by atoms with Crippen LogP contribution in [0.5, 0.6) is 0 Å². The molecule has 0 aliphatic carbocycles. The van der Waals surface area contributed by atoms with Crippen LogP contribution in [0.2, 0.25) is 5.15 Å². The molecule has 2 aromatic heterocycles. The molecule has 0 bridgehead atoms. The lowest BCUT2D eigenvalue weighted by Gasteiger charge is -2.10. The Hall–Kier alpha value is -0.610. The van der Waals surface area contributed by atoms with Crippen molar-refractivity contribution in [1.82, 2.24) is 4.98 Å². The van der Waals surface area contributed by atoms with E-state index in [9.17, 15) is 0 Å². The average molecular weight is 261 g/mol. The first-order valence-corrected chi connectivity index (χ1v) is 5.49. The van der Waals surface area contributed by atoms with E-state index in [1.807, 2.05) is 29.0 Å². The number of aromatic nitrogens is 1. The molecule has 2 nitrogen and oxygen atoms in total. The van der Waals surface area contributed by atoms with Crippen LogP contribution in [0.1, 0.15) is 17.2 Å². The first-order valence-electron chi connectivity index (χ1n) is 4.17. The Balaban J connectivity index is 0.00000112. The van der Waals surface area contributed by atoms with Gasteiger partial charge < -0.3 is 5.73 Å². The minimum Gasteiger partial charge on any atom is -0.320 e. The van der Waals surface area contributed by atoms with Gasteiger partial charge in [0.1, 0.15) is 5.15 Å². The fourth-order valence-electron chi connectivity index (χ4n) is 1.26. The molecule has 2 rings (SSSR count). The van der Waals surface area contributed by atoms with E-state index in [1.165, 1.54) is 0 Å². The van der Waals surface area contributed by atoms with Crippen LogP contribution in [0.4, 0.5) is 0 Å². The number of thiophene rings is 1. The van der Waals surface area contributed by atoms with Crippen molar-refractivity contribution in [3.8, 4) is 0 Å². The van der Waals surface area contributed by atoms with Crippen LogP contribution in [-0.2, 0) is 0 Å². The summed E-state index contributed by atoms with van der Waals surface area (Å²) in [5.74, 6) is 0. The molecule has 0 aromatic carbocycles. The van der Waals surface area contributed by atoms with Gasteiger partial charge in [-0.1, -0.05) is 17.7 Å². The zero-order valence-corrected chi connectivity index (χ0v) is 10.1. The highest BCUT2D eigenvalue weighted by Gasteiger charge is 2.12. The van der Waals surface area contributed by atoms with E-state index >= 15 is 0 Å². The molecule has 0 saturated heterocycles. The van der Waals surface area contributed by atoms with Crippen LogP contribution in [0.15, 0.2) is 35.2 Å². The fraction of sp³-hybridized carbons (Fsp3) is 0.100. The third kappa shape index (κ3) is 2.69. The Kier molecular flexibility index (Phi) is 4.54. The first-order chi connectivity index (χ1) is 6.79. The van der Waals surface area contributed by atoms with E-state index in [4.69, 9.17) is 17.3 Å². The molecule has 15 heavy (non-hydrogen) atoms. The van der Waals surface area contributed by atoms with Crippen molar-refractivity contribution in [3.05, 3.63) is 51.4 Å². The zero-order valence-electron chi connectivity index (χ0n) is 7.76. The number of pyridine rings is 1. The predicted molar refractivity (Wildman–Crippen MR) is 66.8 cm³/mol. The van der Waals surface area contributed by atoms with Crippen molar-refractivity contribution < 1.29 is 0 Å². The van der Waals surface area contributed by atoms with Crippen LogP contribution in [0.3, 0.4) is 0 Å². The van der Waals surface area contributed by atoms with Gasteiger partial charge in [0, 0.05) is 11.8 Å². The maximum absolute atomic E-state index is 6.04. The predicted octanol–water partition coefficient (Wildman–Crippen LogP) is 3.27. The van der Waals surface area contributed by atoms with Crippen molar-refractivity contribution in [2.75, 3.05) is 0 Å². The molecule has 0 saturated carbocycles. The summed E-state index contributed by atoms with van der Waals surface area (Å²) in [5.41, 5.74) is 7.99. The third-order valence-corrected chi connectivity index (χ3v) is 3.04. The second-order valence-corrected chi connectivity index (χ2v) is 4.06. The third-order valence-electron chi connectivity index (χ3n) is 2.03. The Morgan fingerprint density at radius 3 is 2.80 bits per heavy atom. The van der Waals surface area contributed by atoms with Crippen molar-refractivity contribution in [1.29, 1.82) is 0 Å². The topological polar surface area (TPSA) is 38.9 Å². The van der Waals surface area contributed by atoms with E-state index in [1.54, 1.807) is 17.5 Å². The van der Waals surface area contributed by atoms with Crippen LogP contribution in [0.25, 0.3) is 0 Å². The van der Waals surface area contributed by atoms with Gasteiger partial charge in [-0.2, -0.15) is 11.3 Å². The lowest BCUT2D eigenvalue weighted by Crippen LogP contribution is -2.11. The van der Waals surface area contributed by atoms with Crippen molar-refractivity contribution in [2.45, 2.75) is 6.04 Å². The normalized spacial score (nSPS) is 11.9. The highest BCUT2D eigenvalue weighted by atomic mass is 35.5. The molecular weight excluding hydrogens is 251 g/mol. The molecular formula is C10H10Cl2N2S. The van der Waals surface area contributed by atoms with Gasteiger partial charge in [-0.3, -0.25) is 0 Å². The maximum atomic E-state index is 6.04. The Morgan fingerprint density at radius 1 is 1.40 bits per heavy atom. The molecule has 0 spiro atoms. The quantitative estimate of drug-likeness (QED) is 0.842. The molecule has 1 atom stereocenters. The zero-order chi connectivity index (χ0) is 9.97. The molecule has 0 unspecified atom stereocenters. The molecule has 2 heterocycles. The van der Waals surface area contributed by atoms with E-state index in [0.717, 1.165) is 11.1 Å². The second kappa shape index (κ2) is 5.47. The van der Waals surface area contributed by atoms with Crippen molar-refractivity contribution >= 4 is 35.3 Å². The molecule has 0 aliphatic heterocycles. The standard InChI is InChI=1S/C10H9ClN2S.ClH/c11-10-8(2-1-4-13-10)9(12)7-3-5-14-6-7;/h1-6,9H,12H2;1H/t9-;/m1./s1. The molecule has 0 fully saturated rings. The molecule has 0 amide bonds. The largest absolute Gasteiger partial charge is 0.320 e. The van der Waals surface area contributed by atoms with Gasteiger partial charge in [-0.25, -0.2) is 4.98 Å². The lowest BCUT2D eigenvalue weighted by molar-refractivity contribution is 0.868. The maximum Gasteiger partial charge on any atom is 0.134 e. The minimum absolute atomic E-state index is 0. The number of nitrogens with zero attached hydrogens (tertiary/aromatic N) is 1. The summed E-state index contributed by atoms with van der Waals surface area (Å²) >= 11 is 7.57. The fourth-order valence-corrected chi connectivity index (χ4v) is 2.20. The highest BCUT2D eigenvalue weighted by molar-refractivity contribution is 7.08. The molecule has 0 aliphatic rings. The molecule has 0 radical (unpaired) electrons. The average Bonchev–Trinajstić information content (AvgIpc) is 2.70. The van der Waals surface area contributed by atoms with Gasteiger partial charge in [0.15, 0.2) is 0 Å². The van der Waals surface area contributed by atoms with E-state index in [-0.39, 0.29) is 18.4 Å². The van der Waals surface area contributed by atoms with Crippen LogP contribution >= 0.6 is 35.3 Å². The van der Waals surface area contributed by atoms with Crippen LogP contribution < -0.4 is 5.73 Å². The number of nitrogens with two attached hydrogens (primary N) is 1. The summed E-state index contributed by atoms with van der Waals surface area (Å²) in [5, 5.41) is 4.50. The second-order valence-electron chi connectivity index (χ2n) is 2.92. The number of hydrogen-bond donors (Lipinski definition) is 1. The number of rotatable bonds is 2. The SMILES string of the molecule is Cl.N[C@H](c1ccsc1)c1cccnc1Cl. The summed E-state index contributed by atoms with van der Waals surface area (Å²) in [4.78, 5) is 4.00. The van der Waals surface area contributed by atoms with Gasteiger partial charge in [-0.05, 0) is 28.5 Å². The van der Waals surface area contributed by atoms with E-state index in [2.05, 4.69) is 4.98 Å². The molecule has 80 valence electrons. The summed E-state index contributed by atoms with van der Waals surface area (Å²) in [7, 11) is 0. The summed E-state index contributed by atoms with van der Waals surface area (Å²) in [6.07, 6.45) is 1.66. The van der Waals surface area contributed by atoms with Gasteiger partial charge in [0.05, 0.1) is 6.04 Å². The summed E-state index contributed by atoms with van der Waals surface area (Å²) < 4.78 is 0. The molecule has 2 N–H and O–H groups in total. The Labute approximate surface area is 104 Å². The van der Waals surface area contributed by atoms with Crippen molar-refractivity contribution in [2.24, 2.45) is 5.73 Å². The Bertz CT molecular complexity index is 417. The van der Waals surface area contributed by atoms with Crippen molar-refractivity contribution in [3.63, 3.8) is 0 Å². The summed E-state index contributed by atoms with van der Waals surface area (Å²) in [6.45, 7) is 0. The van der Waals surface area contributed by atoms with E-state index < -0.39 is 0 Å². The Morgan fingerprint density at radius 2 is 2.20 bits per heavy atom. The van der Waals surface area contributed by atoms with Gasteiger partial charge in [0.25, 0.3) is 0 Å². The molecule has 2 aromatic rings. The van der Waals surface area contributed by atoms with E-state index in [0.29, 0.717) is 5.15 Å². The summed E-state index contributed by atoms with van der Waals surface area (Å²) in [6, 6.07) is 5.56. The van der Waals surface area contributed by atoms with Crippen LogP contribution in [0, 0.1) is 0 Å². The highest BCUT2D eigenvalue weighted by Crippen LogP contribution is 2.25. The van der Waals surface area contributed by atoms with Gasteiger partial charge >= 0.3 is 0 Å². The number of halogens is 2. The monoisotopic (exact) mass is 260 g/mol. The van der Waals surface area contributed by atoms with Crippen LogP contribution in [-0.4, -0.2) is 4.98 Å². The minimum atomic E-state index is -0.178. The smallest absolute Gasteiger partial charge is 0.134 e. The number of hydrogen-bond acceptors (Lipinski definition) is 3. The lowest BCUT2D eigenvalue weighted by atomic mass is 10.0. The first kappa shape index (κ1) is 12.5.